The molecule has 3 aromatic heterocycles. The van der Waals surface area contributed by atoms with Crippen LogP contribution < -0.4 is 10.6 Å². The minimum Gasteiger partial charge on any atom is -0.364 e. The van der Waals surface area contributed by atoms with Gasteiger partial charge in [0.05, 0.1) is 29.8 Å². The number of imidazole rings is 1. The van der Waals surface area contributed by atoms with Crippen molar-refractivity contribution in [1.82, 2.24) is 14.4 Å². The van der Waals surface area contributed by atoms with Crippen molar-refractivity contribution >= 4 is 33.7 Å². The van der Waals surface area contributed by atoms with Gasteiger partial charge in [-0.15, -0.1) is 11.3 Å². The van der Waals surface area contributed by atoms with Crippen molar-refractivity contribution in [3.8, 4) is 0 Å². The average Bonchev–Trinajstić information content (AvgIpc) is 2.93. The summed E-state index contributed by atoms with van der Waals surface area (Å²) in [6.07, 6.45) is 3.74. The van der Waals surface area contributed by atoms with E-state index in [-0.39, 0.29) is 5.91 Å². The van der Waals surface area contributed by atoms with E-state index in [9.17, 15) is 4.79 Å². The van der Waals surface area contributed by atoms with Crippen molar-refractivity contribution in [1.29, 1.82) is 0 Å². The normalized spacial score (nSPS) is 10.9. The number of carbonyl (C=O) groups excluding carboxylic acids is 1. The number of fused-ring (bicyclic) bond motifs is 1. The molecule has 0 saturated heterocycles. The first-order chi connectivity index (χ1) is 10.5. The van der Waals surface area contributed by atoms with Gasteiger partial charge in [-0.3, -0.25) is 9.20 Å². The second kappa shape index (κ2) is 5.76. The van der Waals surface area contributed by atoms with E-state index in [1.807, 2.05) is 19.1 Å². The van der Waals surface area contributed by atoms with E-state index in [2.05, 4.69) is 38.1 Å². The summed E-state index contributed by atoms with van der Waals surface area (Å²) in [6.45, 7) is 6.21. The Morgan fingerprint density at radius 1 is 1.36 bits per heavy atom. The van der Waals surface area contributed by atoms with Crippen molar-refractivity contribution in [2.45, 2.75) is 27.3 Å². The number of amides is 1. The van der Waals surface area contributed by atoms with Crippen LogP contribution in [0, 0.1) is 13.8 Å². The van der Waals surface area contributed by atoms with Gasteiger partial charge in [-0.25, -0.2) is 9.97 Å². The molecule has 0 aliphatic carbocycles. The number of aryl methyl sites for hydroxylation is 2. The summed E-state index contributed by atoms with van der Waals surface area (Å²) in [5.41, 5.74) is 2.84. The van der Waals surface area contributed by atoms with Crippen molar-refractivity contribution < 1.29 is 4.79 Å². The standard InChI is InChI=1S/C15H17N5OS/c1-9-8-20-13(10(2)18-15(20)22-9)7-17-14-5-4-12(6-16-14)19-11(3)21/h4-6,8H,7H2,1-3H3,(H,16,17)(H,19,21). The van der Waals surface area contributed by atoms with Gasteiger partial charge in [0.25, 0.3) is 0 Å². The predicted molar refractivity (Wildman–Crippen MR) is 88.4 cm³/mol. The number of hydrogen-bond donors (Lipinski definition) is 2. The van der Waals surface area contributed by atoms with Gasteiger partial charge in [0, 0.05) is 18.0 Å². The van der Waals surface area contributed by atoms with Gasteiger partial charge in [0.1, 0.15) is 5.82 Å². The third-order valence-electron chi connectivity index (χ3n) is 3.26. The number of aromatic nitrogens is 3. The average molecular weight is 315 g/mol. The van der Waals surface area contributed by atoms with Crippen LogP contribution in [0.3, 0.4) is 0 Å². The zero-order valence-corrected chi connectivity index (χ0v) is 13.5. The molecule has 2 N–H and O–H groups in total. The van der Waals surface area contributed by atoms with Crippen LogP contribution in [0.25, 0.3) is 4.96 Å². The van der Waals surface area contributed by atoms with Gasteiger partial charge in [-0.2, -0.15) is 0 Å². The number of thiazole rings is 1. The molecular weight excluding hydrogens is 298 g/mol. The molecule has 0 aliphatic rings. The zero-order valence-electron chi connectivity index (χ0n) is 12.7. The minimum absolute atomic E-state index is 0.104. The molecule has 3 rings (SSSR count). The molecule has 7 heteroatoms. The molecule has 114 valence electrons. The van der Waals surface area contributed by atoms with Crippen LogP contribution in [0.4, 0.5) is 11.5 Å². The van der Waals surface area contributed by atoms with Crippen LogP contribution >= 0.6 is 11.3 Å². The molecule has 0 atom stereocenters. The SMILES string of the molecule is CC(=O)Nc1ccc(NCc2c(C)nc3sc(C)cn23)nc1. The van der Waals surface area contributed by atoms with E-state index in [4.69, 9.17) is 0 Å². The smallest absolute Gasteiger partial charge is 0.221 e. The monoisotopic (exact) mass is 315 g/mol. The van der Waals surface area contributed by atoms with Crippen LogP contribution in [0.1, 0.15) is 23.2 Å². The number of hydrogen-bond acceptors (Lipinski definition) is 5. The Labute approximate surface area is 132 Å². The minimum atomic E-state index is -0.104. The van der Waals surface area contributed by atoms with E-state index in [0.717, 1.165) is 22.2 Å². The topological polar surface area (TPSA) is 71.3 Å². The molecule has 0 unspecified atom stereocenters. The Morgan fingerprint density at radius 3 is 2.86 bits per heavy atom. The summed E-state index contributed by atoms with van der Waals surface area (Å²) in [5, 5.41) is 5.99. The van der Waals surface area contributed by atoms with Crippen LogP contribution in [0.15, 0.2) is 24.5 Å². The largest absolute Gasteiger partial charge is 0.364 e. The highest BCUT2D eigenvalue weighted by atomic mass is 32.1. The third kappa shape index (κ3) is 2.94. The molecule has 0 fully saturated rings. The van der Waals surface area contributed by atoms with E-state index >= 15 is 0 Å². The van der Waals surface area contributed by atoms with E-state index in [0.29, 0.717) is 12.2 Å². The summed E-state index contributed by atoms with van der Waals surface area (Å²) in [7, 11) is 0. The van der Waals surface area contributed by atoms with Crippen molar-refractivity contribution in [2.75, 3.05) is 10.6 Å². The fourth-order valence-corrected chi connectivity index (χ4v) is 3.16. The molecule has 0 aliphatic heterocycles. The van der Waals surface area contributed by atoms with Gasteiger partial charge in [0.15, 0.2) is 4.96 Å². The Bertz CT molecular complexity index is 818. The first-order valence-electron chi connectivity index (χ1n) is 6.94. The van der Waals surface area contributed by atoms with Crippen LogP contribution in [0.5, 0.6) is 0 Å². The molecular formula is C15H17N5OS. The number of nitrogens with zero attached hydrogens (tertiary/aromatic N) is 3. The summed E-state index contributed by atoms with van der Waals surface area (Å²) < 4.78 is 2.12. The van der Waals surface area contributed by atoms with E-state index in [1.54, 1.807) is 17.5 Å². The molecule has 0 radical (unpaired) electrons. The second-order valence-electron chi connectivity index (χ2n) is 5.11. The highest BCUT2D eigenvalue weighted by molar-refractivity contribution is 7.17. The van der Waals surface area contributed by atoms with Crippen LogP contribution in [0.2, 0.25) is 0 Å². The molecule has 6 nitrogen and oxygen atoms in total. The predicted octanol–water partition coefficient (Wildman–Crippen LogP) is 2.98. The number of carbonyl (C=O) groups is 1. The summed E-state index contributed by atoms with van der Waals surface area (Å²) in [4.78, 5) is 22.1. The highest BCUT2D eigenvalue weighted by Gasteiger charge is 2.10. The Kier molecular flexibility index (Phi) is 3.81. The second-order valence-corrected chi connectivity index (χ2v) is 6.32. The number of pyridine rings is 1. The lowest BCUT2D eigenvalue weighted by molar-refractivity contribution is -0.114. The van der Waals surface area contributed by atoms with Crippen molar-refractivity contribution in [2.24, 2.45) is 0 Å². The number of nitrogens with one attached hydrogen (secondary N) is 2. The molecule has 0 saturated carbocycles. The van der Waals surface area contributed by atoms with Crippen molar-refractivity contribution in [3.63, 3.8) is 0 Å². The van der Waals surface area contributed by atoms with Gasteiger partial charge in [-0.1, -0.05) is 0 Å². The number of anilines is 2. The molecule has 3 heterocycles. The molecule has 3 aromatic rings. The summed E-state index contributed by atoms with van der Waals surface area (Å²) in [5.74, 6) is 0.656. The van der Waals surface area contributed by atoms with E-state index < -0.39 is 0 Å². The maximum atomic E-state index is 11.0. The van der Waals surface area contributed by atoms with Crippen LogP contribution in [-0.4, -0.2) is 20.3 Å². The zero-order chi connectivity index (χ0) is 15.7. The molecule has 0 spiro atoms. The van der Waals surface area contributed by atoms with Gasteiger partial charge in [0.2, 0.25) is 5.91 Å². The fraction of sp³-hybridized carbons (Fsp3) is 0.267. The maximum Gasteiger partial charge on any atom is 0.221 e. The first-order valence-corrected chi connectivity index (χ1v) is 7.76. The highest BCUT2D eigenvalue weighted by Crippen LogP contribution is 2.21. The third-order valence-corrected chi connectivity index (χ3v) is 4.16. The first kappa shape index (κ1) is 14.5. The molecule has 0 aromatic carbocycles. The quantitative estimate of drug-likeness (QED) is 0.776. The fourth-order valence-electron chi connectivity index (χ4n) is 2.27. The summed E-state index contributed by atoms with van der Waals surface area (Å²) >= 11 is 1.68. The lowest BCUT2D eigenvalue weighted by Crippen LogP contribution is -2.07. The molecule has 1 amide bonds. The van der Waals surface area contributed by atoms with Crippen LogP contribution in [-0.2, 0) is 11.3 Å². The summed E-state index contributed by atoms with van der Waals surface area (Å²) in [6, 6.07) is 3.67. The van der Waals surface area contributed by atoms with Gasteiger partial charge < -0.3 is 10.6 Å². The Hall–Kier alpha value is -2.41. The van der Waals surface area contributed by atoms with Crippen molar-refractivity contribution in [3.05, 3.63) is 40.8 Å². The molecule has 22 heavy (non-hydrogen) atoms. The van der Waals surface area contributed by atoms with Gasteiger partial charge in [-0.05, 0) is 26.0 Å². The van der Waals surface area contributed by atoms with E-state index in [1.165, 1.54) is 11.8 Å². The lowest BCUT2D eigenvalue weighted by atomic mass is 10.3. The Morgan fingerprint density at radius 2 is 2.18 bits per heavy atom. The molecule has 0 bridgehead atoms. The lowest BCUT2D eigenvalue weighted by Gasteiger charge is -2.07. The number of rotatable bonds is 4. The van der Waals surface area contributed by atoms with Gasteiger partial charge >= 0.3 is 0 Å². The maximum absolute atomic E-state index is 11.0. The Balaban J connectivity index is 1.73.